The fourth-order valence-corrected chi connectivity index (χ4v) is 2.78. The third kappa shape index (κ3) is 2.83. The molecule has 2 heteroatoms. The van der Waals surface area contributed by atoms with Crippen molar-refractivity contribution in [1.82, 2.24) is 0 Å². The molecule has 0 aliphatic rings. The van der Waals surface area contributed by atoms with Gasteiger partial charge in [-0.2, -0.15) is 0 Å². The van der Waals surface area contributed by atoms with Gasteiger partial charge in [-0.25, -0.2) is 0 Å². The number of rotatable bonds is 3. The van der Waals surface area contributed by atoms with Crippen molar-refractivity contribution in [2.75, 3.05) is 5.32 Å². The molecular weight excluding hydrogens is 234 g/mol. The average Bonchev–Trinajstić information content (AvgIpc) is 2.62. The van der Waals surface area contributed by atoms with Gasteiger partial charge in [-0.3, -0.25) is 0 Å². The van der Waals surface area contributed by atoms with Gasteiger partial charge in [0.05, 0.1) is 6.04 Å². The van der Waals surface area contributed by atoms with E-state index >= 15 is 0 Å². The van der Waals surface area contributed by atoms with Gasteiger partial charge in [0, 0.05) is 11.3 Å². The van der Waals surface area contributed by atoms with Crippen LogP contribution in [0.3, 0.4) is 0 Å². The Morgan fingerprint density at radius 2 is 1.53 bits per heavy atom. The highest BCUT2D eigenvalue weighted by Crippen LogP contribution is 2.29. The predicted molar refractivity (Wildman–Crippen MR) is 80.9 cm³/mol. The van der Waals surface area contributed by atoms with Crippen LogP contribution in [0.15, 0.2) is 22.6 Å². The Balaban J connectivity index is 2.29. The standard InChI is InChI=1S/C17H23NO/c1-10-7-11(2)17(12(3)8-10)18-14(5)16-9-13(4)19-15(16)6/h7-9,14,18H,1-6H3. The van der Waals surface area contributed by atoms with E-state index in [2.05, 4.69) is 51.2 Å². The van der Waals surface area contributed by atoms with Crippen molar-refractivity contribution in [3.8, 4) is 0 Å². The summed E-state index contributed by atoms with van der Waals surface area (Å²) in [6.07, 6.45) is 0. The van der Waals surface area contributed by atoms with Crippen molar-refractivity contribution in [3.05, 3.63) is 52.0 Å². The minimum atomic E-state index is 0.248. The minimum Gasteiger partial charge on any atom is -0.466 e. The van der Waals surface area contributed by atoms with Gasteiger partial charge >= 0.3 is 0 Å². The van der Waals surface area contributed by atoms with E-state index in [0.29, 0.717) is 0 Å². The SMILES string of the molecule is Cc1cc(C)c(NC(C)c2cc(C)oc2C)c(C)c1. The Morgan fingerprint density at radius 1 is 0.947 bits per heavy atom. The van der Waals surface area contributed by atoms with E-state index in [-0.39, 0.29) is 6.04 Å². The first kappa shape index (κ1) is 13.7. The van der Waals surface area contributed by atoms with Crippen LogP contribution in [-0.2, 0) is 0 Å². The molecule has 1 aromatic heterocycles. The maximum atomic E-state index is 5.61. The molecule has 1 aromatic carbocycles. The summed E-state index contributed by atoms with van der Waals surface area (Å²) in [5.74, 6) is 1.97. The molecule has 2 nitrogen and oxygen atoms in total. The largest absolute Gasteiger partial charge is 0.466 e. The van der Waals surface area contributed by atoms with Crippen molar-refractivity contribution in [2.45, 2.75) is 47.6 Å². The third-order valence-corrected chi connectivity index (χ3v) is 3.58. The van der Waals surface area contributed by atoms with Crippen LogP contribution in [0, 0.1) is 34.6 Å². The second kappa shape index (κ2) is 5.12. The fraction of sp³-hybridized carbons (Fsp3) is 0.412. The lowest BCUT2D eigenvalue weighted by atomic mass is 10.0. The summed E-state index contributed by atoms with van der Waals surface area (Å²) in [7, 11) is 0. The lowest BCUT2D eigenvalue weighted by Gasteiger charge is -2.19. The molecule has 0 radical (unpaired) electrons. The van der Waals surface area contributed by atoms with Gasteiger partial charge in [0.25, 0.3) is 0 Å². The zero-order valence-corrected chi connectivity index (χ0v) is 12.7. The van der Waals surface area contributed by atoms with Crippen LogP contribution in [0.2, 0.25) is 0 Å². The number of nitrogens with one attached hydrogen (secondary N) is 1. The third-order valence-electron chi connectivity index (χ3n) is 3.58. The monoisotopic (exact) mass is 257 g/mol. The quantitative estimate of drug-likeness (QED) is 0.837. The Morgan fingerprint density at radius 3 is 2.00 bits per heavy atom. The van der Waals surface area contributed by atoms with Gasteiger partial charge in [-0.15, -0.1) is 0 Å². The molecule has 0 saturated carbocycles. The number of aryl methyl sites for hydroxylation is 5. The Bertz CT molecular complexity index is 572. The molecule has 0 amide bonds. The maximum absolute atomic E-state index is 5.61. The smallest absolute Gasteiger partial charge is 0.106 e. The van der Waals surface area contributed by atoms with Gasteiger partial charge in [0.1, 0.15) is 11.5 Å². The summed E-state index contributed by atoms with van der Waals surface area (Å²) >= 11 is 0. The average molecular weight is 257 g/mol. The highest BCUT2D eigenvalue weighted by atomic mass is 16.3. The molecule has 19 heavy (non-hydrogen) atoms. The Kier molecular flexibility index (Phi) is 3.70. The molecule has 1 unspecified atom stereocenters. The molecule has 0 aliphatic carbocycles. The van der Waals surface area contributed by atoms with Crippen molar-refractivity contribution < 1.29 is 4.42 Å². The van der Waals surface area contributed by atoms with E-state index < -0.39 is 0 Å². The number of hydrogen-bond acceptors (Lipinski definition) is 2. The highest BCUT2D eigenvalue weighted by Gasteiger charge is 2.14. The van der Waals surface area contributed by atoms with Crippen molar-refractivity contribution in [2.24, 2.45) is 0 Å². The van der Waals surface area contributed by atoms with Crippen LogP contribution in [-0.4, -0.2) is 0 Å². The normalized spacial score (nSPS) is 12.5. The second-order valence-corrected chi connectivity index (χ2v) is 5.51. The molecule has 2 aromatic rings. The number of hydrogen-bond donors (Lipinski definition) is 1. The van der Waals surface area contributed by atoms with E-state index in [9.17, 15) is 0 Å². The van der Waals surface area contributed by atoms with E-state index in [1.54, 1.807) is 0 Å². The molecule has 2 rings (SSSR count). The summed E-state index contributed by atoms with van der Waals surface area (Å²) in [5.41, 5.74) is 6.36. The predicted octanol–water partition coefficient (Wildman–Crippen LogP) is 4.99. The van der Waals surface area contributed by atoms with Crippen LogP contribution in [0.25, 0.3) is 0 Å². The number of anilines is 1. The van der Waals surface area contributed by atoms with Gasteiger partial charge in [0.2, 0.25) is 0 Å². The topological polar surface area (TPSA) is 25.2 Å². The van der Waals surface area contributed by atoms with Gasteiger partial charge < -0.3 is 9.73 Å². The highest BCUT2D eigenvalue weighted by molar-refractivity contribution is 5.59. The lowest BCUT2D eigenvalue weighted by Crippen LogP contribution is -2.09. The van der Waals surface area contributed by atoms with Crippen molar-refractivity contribution >= 4 is 5.69 Å². The molecule has 0 spiro atoms. The van der Waals surface area contributed by atoms with Crippen LogP contribution < -0.4 is 5.32 Å². The van der Waals surface area contributed by atoms with Gasteiger partial charge in [-0.05, 0) is 58.7 Å². The first-order chi connectivity index (χ1) is 8.88. The van der Waals surface area contributed by atoms with Crippen molar-refractivity contribution in [3.63, 3.8) is 0 Å². The number of furan rings is 1. The zero-order chi connectivity index (χ0) is 14.2. The summed E-state index contributed by atoms with van der Waals surface area (Å²) < 4.78 is 5.61. The Hall–Kier alpha value is -1.70. The van der Waals surface area contributed by atoms with E-state index in [4.69, 9.17) is 4.42 Å². The summed E-state index contributed by atoms with van der Waals surface area (Å²) in [6.45, 7) is 12.6. The van der Waals surface area contributed by atoms with Gasteiger partial charge in [0.15, 0.2) is 0 Å². The first-order valence-electron chi connectivity index (χ1n) is 6.79. The molecule has 102 valence electrons. The lowest BCUT2D eigenvalue weighted by molar-refractivity contribution is 0.500. The maximum Gasteiger partial charge on any atom is 0.106 e. The molecular formula is C17H23NO. The molecule has 0 fully saturated rings. The van der Waals surface area contributed by atoms with E-state index in [0.717, 1.165) is 11.5 Å². The molecule has 1 heterocycles. The number of benzene rings is 1. The molecule has 1 atom stereocenters. The second-order valence-electron chi connectivity index (χ2n) is 5.51. The van der Waals surface area contributed by atoms with Gasteiger partial charge in [-0.1, -0.05) is 17.7 Å². The van der Waals surface area contributed by atoms with E-state index in [1.165, 1.54) is 27.9 Å². The van der Waals surface area contributed by atoms with E-state index in [1.807, 2.05) is 13.8 Å². The first-order valence-corrected chi connectivity index (χ1v) is 6.79. The fourth-order valence-electron chi connectivity index (χ4n) is 2.78. The molecule has 1 N–H and O–H groups in total. The Labute approximate surface area is 115 Å². The van der Waals surface area contributed by atoms with Crippen molar-refractivity contribution in [1.29, 1.82) is 0 Å². The summed E-state index contributed by atoms with van der Waals surface area (Å²) in [5, 5.41) is 3.62. The molecule has 0 saturated heterocycles. The van der Waals surface area contributed by atoms with Crippen LogP contribution in [0.1, 0.15) is 46.7 Å². The summed E-state index contributed by atoms with van der Waals surface area (Å²) in [6, 6.07) is 6.80. The van der Waals surface area contributed by atoms with Crippen LogP contribution in [0.5, 0.6) is 0 Å². The van der Waals surface area contributed by atoms with Crippen LogP contribution >= 0.6 is 0 Å². The molecule has 0 aliphatic heterocycles. The van der Waals surface area contributed by atoms with Crippen LogP contribution in [0.4, 0.5) is 5.69 Å². The minimum absolute atomic E-state index is 0.248. The molecule has 0 bridgehead atoms. The zero-order valence-electron chi connectivity index (χ0n) is 12.7. The summed E-state index contributed by atoms with van der Waals surface area (Å²) in [4.78, 5) is 0.